The van der Waals surface area contributed by atoms with Gasteiger partial charge in [0.05, 0.1) is 24.6 Å². The largest absolute Gasteiger partial charge is 0.480 e. The van der Waals surface area contributed by atoms with E-state index in [-0.39, 0.29) is 40.2 Å². The van der Waals surface area contributed by atoms with E-state index in [1.54, 1.807) is 6.07 Å². The van der Waals surface area contributed by atoms with Crippen LogP contribution in [0.15, 0.2) is 18.3 Å². The number of pyridine rings is 2. The number of carbonyl (C=O) groups excluding carboxylic acids is 1. The molecule has 1 unspecified atom stereocenters. The van der Waals surface area contributed by atoms with Crippen molar-refractivity contribution in [2.24, 2.45) is 11.5 Å². The average molecular weight is 409 g/mol. The monoisotopic (exact) mass is 408 g/mol. The number of hydrogen-bond acceptors (Lipinski definition) is 7. The molecule has 0 aromatic carbocycles. The van der Waals surface area contributed by atoms with Gasteiger partial charge in [0.2, 0.25) is 5.88 Å². The van der Waals surface area contributed by atoms with E-state index in [4.69, 9.17) is 27.8 Å². The molecule has 2 aromatic rings. The molecule has 0 saturated heterocycles. The minimum absolute atomic E-state index is 0.00224. The number of aromatic nitrogens is 2. The number of halogens is 2. The molecule has 3 rings (SSSR count). The van der Waals surface area contributed by atoms with Gasteiger partial charge in [0.25, 0.3) is 5.91 Å². The van der Waals surface area contributed by atoms with Gasteiger partial charge < -0.3 is 26.8 Å². The molecule has 1 amide bonds. The second-order valence-corrected chi connectivity index (χ2v) is 7.03. The normalized spacial score (nSPS) is 19.1. The smallest absolute Gasteiger partial charge is 0.252 e. The van der Waals surface area contributed by atoms with Crippen LogP contribution in [0.25, 0.3) is 0 Å². The summed E-state index contributed by atoms with van der Waals surface area (Å²) in [7, 11) is 1.45. The Labute approximate surface area is 166 Å². The Kier molecular flexibility index (Phi) is 6.15. The molecular formula is C18H22ClFN6O2. The van der Waals surface area contributed by atoms with E-state index in [1.807, 2.05) is 0 Å². The van der Waals surface area contributed by atoms with Crippen molar-refractivity contribution >= 4 is 34.8 Å². The zero-order valence-electron chi connectivity index (χ0n) is 15.3. The van der Waals surface area contributed by atoms with Crippen molar-refractivity contribution in [1.29, 1.82) is 0 Å². The predicted octanol–water partition coefficient (Wildman–Crippen LogP) is 2.80. The molecule has 150 valence electrons. The highest BCUT2D eigenvalue weighted by molar-refractivity contribution is 6.32. The SMILES string of the molecule is COc1ncc(Nc2nc(NC3CCCC[C@@H]3N)c(F)cc2C(N)=O)cc1Cl. The lowest BCUT2D eigenvalue weighted by molar-refractivity contribution is 0.100. The van der Waals surface area contributed by atoms with Crippen LogP contribution in [0.1, 0.15) is 36.0 Å². The van der Waals surface area contributed by atoms with Crippen LogP contribution < -0.4 is 26.8 Å². The van der Waals surface area contributed by atoms with Gasteiger partial charge in [-0.3, -0.25) is 4.79 Å². The highest BCUT2D eigenvalue weighted by atomic mass is 35.5. The molecule has 0 bridgehead atoms. The van der Waals surface area contributed by atoms with Gasteiger partial charge in [-0.05, 0) is 25.0 Å². The Hall–Kier alpha value is -2.65. The van der Waals surface area contributed by atoms with E-state index >= 15 is 0 Å². The topological polar surface area (TPSA) is 128 Å². The van der Waals surface area contributed by atoms with Crippen LogP contribution in [-0.4, -0.2) is 35.1 Å². The molecule has 6 N–H and O–H groups in total. The average Bonchev–Trinajstić information content (AvgIpc) is 2.66. The van der Waals surface area contributed by atoms with E-state index in [1.165, 1.54) is 13.3 Å². The maximum atomic E-state index is 14.5. The molecule has 0 aliphatic heterocycles. The molecule has 8 nitrogen and oxygen atoms in total. The third-order valence-corrected chi connectivity index (χ3v) is 4.92. The van der Waals surface area contributed by atoms with Crippen molar-refractivity contribution in [3.8, 4) is 5.88 Å². The van der Waals surface area contributed by atoms with Gasteiger partial charge in [0.1, 0.15) is 10.8 Å². The molecule has 1 fully saturated rings. The van der Waals surface area contributed by atoms with E-state index < -0.39 is 11.7 Å². The van der Waals surface area contributed by atoms with E-state index in [0.29, 0.717) is 5.69 Å². The lowest BCUT2D eigenvalue weighted by Crippen LogP contribution is -2.43. The van der Waals surface area contributed by atoms with Crippen LogP contribution in [-0.2, 0) is 0 Å². The molecule has 2 atom stereocenters. The second-order valence-electron chi connectivity index (χ2n) is 6.62. The first-order chi connectivity index (χ1) is 13.4. The molecule has 2 aromatic heterocycles. The fourth-order valence-corrected chi connectivity index (χ4v) is 3.41. The number of amides is 1. The summed E-state index contributed by atoms with van der Waals surface area (Å²) >= 11 is 6.07. The van der Waals surface area contributed by atoms with Crippen LogP contribution in [0.4, 0.5) is 21.7 Å². The van der Waals surface area contributed by atoms with E-state index in [0.717, 1.165) is 31.7 Å². The first kappa shape index (κ1) is 20.1. The Bertz CT molecular complexity index is 881. The van der Waals surface area contributed by atoms with Gasteiger partial charge in [0, 0.05) is 12.1 Å². The molecule has 1 saturated carbocycles. The highest BCUT2D eigenvalue weighted by Gasteiger charge is 2.24. The zero-order valence-corrected chi connectivity index (χ0v) is 16.1. The number of hydrogen-bond donors (Lipinski definition) is 4. The number of rotatable bonds is 6. The number of primary amides is 1. The van der Waals surface area contributed by atoms with Gasteiger partial charge >= 0.3 is 0 Å². The number of methoxy groups -OCH3 is 1. The minimum Gasteiger partial charge on any atom is -0.480 e. The lowest BCUT2D eigenvalue weighted by atomic mass is 9.91. The fraction of sp³-hybridized carbons (Fsp3) is 0.389. The number of nitrogens with one attached hydrogen (secondary N) is 2. The Morgan fingerprint density at radius 3 is 2.71 bits per heavy atom. The quantitative estimate of drug-likeness (QED) is 0.578. The van der Waals surface area contributed by atoms with Gasteiger partial charge in [-0.25, -0.2) is 14.4 Å². The van der Waals surface area contributed by atoms with Gasteiger partial charge in [-0.2, -0.15) is 0 Å². The number of nitrogens with two attached hydrogens (primary N) is 2. The molecule has 10 heteroatoms. The van der Waals surface area contributed by atoms with Crippen molar-refractivity contribution in [1.82, 2.24) is 9.97 Å². The Balaban J connectivity index is 1.92. The highest BCUT2D eigenvalue weighted by Crippen LogP contribution is 2.29. The minimum atomic E-state index is -0.817. The fourth-order valence-electron chi connectivity index (χ4n) is 3.17. The zero-order chi connectivity index (χ0) is 20.3. The lowest BCUT2D eigenvalue weighted by Gasteiger charge is -2.30. The maximum Gasteiger partial charge on any atom is 0.252 e. The molecular weight excluding hydrogens is 387 g/mol. The van der Waals surface area contributed by atoms with Crippen LogP contribution in [0, 0.1) is 5.82 Å². The summed E-state index contributed by atoms with van der Waals surface area (Å²) in [5.74, 6) is -1.15. The van der Waals surface area contributed by atoms with Crippen LogP contribution in [0.5, 0.6) is 5.88 Å². The molecule has 2 heterocycles. The van der Waals surface area contributed by atoms with E-state index in [2.05, 4.69) is 20.6 Å². The molecule has 0 spiro atoms. The maximum absolute atomic E-state index is 14.5. The standard InChI is InChI=1S/C18H22ClFN6O2/c1-28-18-11(19)6-9(8-23-18)24-16-10(15(22)27)7-12(20)17(26-16)25-14-5-3-2-4-13(14)21/h6-8,13-14H,2-5,21H2,1H3,(H2,22,27)(H2,24,25,26)/t13-,14?/m0/s1. The number of ether oxygens (including phenoxy) is 1. The van der Waals surface area contributed by atoms with E-state index in [9.17, 15) is 9.18 Å². The van der Waals surface area contributed by atoms with Crippen molar-refractivity contribution in [3.63, 3.8) is 0 Å². The van der Waals surface area contributed by atoms with Crippen LogP contribution in [0.3, 0.4) is 0 Å². The Morgan fingerprint density at radius 2 is 2.07 bits per heavy atom. The molecule has 28 heavy (non-hydrogen) atoms. The Morgan fingerprint density at radius 1 is 1.32 bits per heavy atom. The summed E-state index contributed by atoms with van der Waals surface area (Å²) in [5.41, 5.74) is 11.8. The third kappa shape index (κ3) is 4.42. The summed E-state index contributed by atoms with van der Waals surface area (Å²) in [6.07, 6.45) is 5.19. The van der Waals surface area contributed by atoms with Crippen molar-refractivity contribution in [2.45, 2.75) is 37.8 Å². The molecule has 0 radical (unpaired) electrons. The third-order valence-electron chi connectivity index (χ3n) is 4.65. The number of nitrogens with zero attached hydrogens (tertiary/aromatic N) is 2. The van der Waals surface area contributed by atoms with Crippen molar-refractivity contribution in [2.75, 3.05) is 17.7 Å². The summed E-state index contributed by atoms with van der Waals surface area (Å²) < 4.78 is 19.5. The first-order valence-corrected chi connectivity index (χ1v) is 9.26. The number of carbonyl (C=O) groups is 1. The predicted molar refractivity (Wildman–Crippen MR) is 106 cm³/mol. The summed E-state index contributed by atoms with van der Waals surface area (Å²) in [6.45, 7) is 0. The van der Waals surface area contributed by atoms with Crippen LogP contribution >= 0.6 is 11.6 Å². The second kappa shape index (κ2) is 8.57. The summed E-state index contributed by atoms with van der Waals surface area (Å²) in [5, 5.41) is 6.23. The van der Waals surface area contributed by atoms with Gasteiger partial charge in [-0.15, -0.1) is 0 Å². The van der Waals surface area contributed by atoms with Crippen molar-refractivity contribution < 1.29 is 13.9 Å². The first-order valence-electron chi connectivity index (χ1n) is 8.88. The summed E-state index contributed by atoms with van der Waals surface area (Å²) in [6, 6.07) is 2.41. The molecule has 1 aliphatic carbocycles. The van der Waals surface area contributed by atoms with Gasteiger partial charge in [0.15, 0.2) is 11.6 Å². The summed E-state index contributed by atoms with van der Waals surface area (Å²) in [4.78, 5) is 20.0. The van der Waals surface area contributed by atoms with Crippen LogP contribution in [0.2, 0.25) is 5.02 Å². The van der Waals surface area contributed by atoms with Crippen molar-refractivity contribution in [3.05, 3.63) is 34.7 Å². The molecule has 1 aliphatic rings. The van der Waals surface area contributed by atoms with Gasteiger partial charge in [-0.1, -0.05) is 24.4 Å². The number of anilines is 3.